The molecule has 1 aliphatic heterocycles. The van der Waals surface area contributed by atoms with Gasteiger partial charge in [0.2, 0.25) is 0 Å². The predicted molar refractivity (Wildman–Crippen MR) is 99.5 cm³/mol. The molecule has 2 aromatic rings. The highest BCUT2D eigenvalue weighted by Gasteiger charge is 2.32. The quantitative estimate of drug-likeness (QED) is 0.741. The Morgan fingerprint density at radius 3 is 2.62 bits per heavy atom. The smallest absolute Gasteiger partial charge is 0.259 e. The highest BCUT2D eigenvalue weighted by atomic mass is 35.5. The third kappa shape index (κ3) is 3.04. The number of para-hydroxylation sites is 1. The molecule has 0 aliphatic carbocycles. The molecule has 1 heterocycles. The van der Waals surface area contributed by atoms with Crippen molar-refractivity contribution < 1.29 is 9.53 Å². The lowest BCUT2D eigenvalue weighted by Gasteiger charge is -2.19. The number of hydrogen-bond donors (Lipinski definition) is 0. The third-order valence-electron chi connectivity index (χ3n) is 4.00. The van der Waals surface area contributed by atoms with Gasteiger partial charge in [-0.05, 0) is 35.8 Å². The van der Waals surface area contributed by atoms with Crippen molar-refractivity contribution in [2.45, 2.75) is 13.8 Å². The maximum atomic E-state index is 12.9. The topological polar surface area (TPSA) is 29.5 Å². The van der Waals surface area contributed by atoms with Crippen molar-refractivity contribution in [2.24, 2.45) is 5.92 Å². The molecule has 0 N–H and O–H groups in total. The molecule has 4 heteroatoms. The number of carbonyl (C=O) groups is 1. The van der Waals surface area contributed by atoms with E-state index in [1.165, 1.54) is 0 Å². The Hall–Kier alpha value is -2.26. The average molecular weight is 342 g/mol. The summed E-state index contributed by atoms with van der Waals surface area (Å²) in [6.45, 7) is 4.93. The second-order valence-electron chi connectivity index (χ2n) is 6.28. The maximum absolute atomic E-state index is 12.9. The largest absolute Gasteiger partial charge is 0.495 e. The van der Waals surface area contributed by atoms with Crippen LogP contribution in [0.15, 0.2) is 42.5 Å². The van der Waals surface area contributed by atoms with E-state index in [2.05, 4.69) is 13.8 Å². The standard InChI is InChI=1S/C20H20ClNO2/c1-13(2)12-22-18-7-5-4-6-15(18)16(20(22)23)10-14-8-9-19(24-3)17(21)11-14/h4-11,13H,12H2,1-3H3/b16-10-. The van der Waals surface area contributed by atoms with Gasteiger partial charge in [0.1, 0.15) is 5.75 Å². The molecule has 0 saturated carbocycles. The van der Waals surface area contributed by atoms with Crippen LogP contribution >= 0.6 is 11.6 Å². The highest BCUT2D eigenvalue weighted by Crippen LogP contribution is 2.38. The molecule has 0 fully saturated rings. The van der Waals surface area contributed by atoms with Gasteiger partial charge >= 0.3 is 0 Å². The monoisotopic (exact) mass is 341 g/mol. The molecule has 3 nitrogen and oxygen atoms in total. The molecule has 0 radical (unpaired) electrons. The highest BCUT2D eigenvalue weighted by molar-refractivity contribution is 6.36. The summed E-state index contributed by atoms with van der Waals surface area (Å²) in [5.74, 6) is 1.06. The van der Waals surface area contributed by atoms with Gasteiger partial charge in [0.05, 0.1) is 17.8 Å². The molecule has 0 aromatic heterocycles. The van der Waals surface area contributed by atoms with Gasteiger partial charge in [-0.15, -0.1) is 0 Å². The van der Waals surface area contributed by atoms with Crippen molar-refractivity contribution in [3.05, 3.63) is 58.6 Å². The fourth-order valence-electron chi connectivity index (χ4n) is 2.93. The van der Waals surface area contributed by atoms with Crippen LogP contribution in [0.1, 0.15) is 25.0 Å². The van der Waals surface area contributed by atoms with Crippen LogP contribution in [0.2, 0.25) is 5.02 Å². The van der Waals surface area contributed by atoms with Gasteiger partial charge in [-0.2, -0.15) is 0 Å². The fraction of sp³-hybridized carbons (Fsp3) is 0.250. The first-order valence-electron chi connectivity index (χ1n) is 7.97. The van der Waals surface area contributed by atoms with Crippen LogP contribution in [0.3, 0.4) is 0 Å². The van der Waals surface area contributed by atoms with Gasteiger partial charge in [-0.25, -0.2) is 0 Å². The molecule has 3 rings (SSSR count). The summed E-state index contributed by atoms with van der Waals surface area (Å²) in [5.41, 5.74) is 3.52. The van der Waals surface area contributed by atoms with Crippen LogP contribution in [-0.2, 0) is 4.79 Å². The third-order valence-corrected chi connectivity index (χ3v) is 4.29. The molecule has 1 amide bonds. The number of nitrogens with zero attached hydrogens (tertiary/aromatic N) is 1. The zero-order chi connectivity index (χ0) is 17.3. The Balaban J connectivity index is 2.04. The van der Waals surface area contributed by atoms with Crippen molar-refractivity contribution in [2.75, 3.05) is 18.6 Å². The van der Waals surface area contributed by atoms with Crippen LogP contribution in [0, 0.1) is 5.92 Å². The minimum absolute atomic E-state index is 0.0387. The number of ether oxygens (including phenoxy) is 1. The zero-order valence-electron chi connectivity index (χ0n) is 14.0. The lowest BCUT2D eigenvalue weighted by Crippen LogP contribution is -2.30. The van der Waals surface area contributed by atoms with Crippen molar-refractivity contribution in [1.29, 1.82) is 0 Å². The Morgan fingerprint density at radius 1 is 1.21 bits per heavy atom. The first-order valence-corrected chi connectivity index (χ1v) is 8.35. The number of methoxy groups -OCH3 is 1. The Bertz CT molecular complexity index is 811. The number of fused-ring (bicyclic) bond motifs is 1. The van der Waals surface area contributed by atoms with Crippen molar-refractivity contribution in [3.8, 4) is 5.75 Å². The van der Waals surface area contributed by atoms with E-state index in [9.17, 15) is 4.79 Å². The van der Waals surface area contributed by atoms with Gasteiger partial charge in [0.25, 0.3) is 5.91 Å². The molecule has 0 bridgehead atoms. The minimum Gasteiger partial charge on any atom is -0.495 e. The first kappa shape index (κ1) is 16.6. The van der Waals surface area contributed by atoms with Crippen molar-refractivity contribution >= 4 is 34.8 Å². The summed E-state index contributed by atoms with van der Waals surface area (Å²) in [6, 6.07) is 13.4. The number of anilines is 1. The molecule has 24 heavy (non-hydrogen) atoms. The van der Waals surface area contributed by atoms with Gasteiger partial charge in [-0.3, -0.25) is 4.79 Å². The molecule has 124 valence electrons. The van der Waals surface area contributed by atoms with Crippen LogP contribution in [0.4, 0.5) is 5.69 Å². The van der Waals surface area contributed by atoms with Crippen LogP contribution in [0.25, 0.3) is 11.6 Å². The summed E-state index contributed by atoms with van der Waals surface area (Å²) in [6.07, 6.45) is 1.90. The summed E-state index contributed by atoms with van der Waals surface area (Å²) in [5, 5.41) is 0.532. The Labute approximate surface area is 147 Å². The second kappa shape index (κ2) is 6.70. The van der Waals surface area contributed by atoms with Crippen molar-refractivity contribution in [3.63, 3.8) is 0 Å². The Morgan fingerprint density at radius 2 is 1.96 bits per heavy atom. The molecular weight excluding hydrogens is 322 g/mol. The predicted octanol–water partition coefficient (Wildman–Crippen LogP) is 4.89. The minimum atomic E-state index is 0.0387. The number of rotatable bonds is 4. The van der Waals surface area contributed by atoms with Crippen molar-refractivity contribution in [1.82, 2.24) is 0 Å². The first-order chi connectivity index (χ1) is 11.5. The summed E-state index contributed by atoms with van der Waals surface area (Å²) in [7, 11) is 1.58. The number of carbonyl (C=O) groups excluding carboxylic acids is 1. The lowest BCUT2D eigenvalue weighted by atomic mass is 10.0. The molecule has 0 spiro atoms. The van der Waals surface area contributed by atoms with Gasteiger partial charge in [-0.1, -0.05) is 49.7 Å². The molecule has 0 unspecified atom stereocenters. The van der Waals surface area contributed by atoms with Gasteiger partial charge in [0.15, 0.2) is 0 Å². The van der Waals surface area contributed by atoms with E-state index in [0.717, 1.165) is 16.8 Å². The molecule has 2 aromatic carbocycles. The molecule has 0 atom stereocenters. The molecule has 1 aliphatic rings. The SMILES string of the molecule is COc1ccc(/C=C2\C(=O)N(CC(C)C)c3ccccc32)cc1Cl. The average Bonchev–Trinajstić information content (AvgIpc) is 2.81. The lowest BCUT2D eigenvalue weighted by molar-refractivity contribution is -0.113. The van der Waals surface area contributed by atoms with E-state index in [1.807, 2.05) is 53.4 Å². The van der Waals surface area contributed by atoms with E-state index < -0.39 is 0 Å². The number of halogens is 1. The Kier molecular flexibility index (Phi) is 4.63. The van der Waals surface area contributed by atoms with Crippen LogP contribution in [0.5, 0.6) is 5.75 Å². The molecule has 0 saturated heterocycles. The van der Waals surface area contributed by atoms with E-state index >= 15 is 0 Å². The maximum Gasteiger partial charge on any atom is 0.259 e. The number of benzene rings is 2. The van der Waals surface area contributed by atoms with E-state index in [0.29, 0.717) is 28.8 Å². The normalized spacial score (nSPS) is 15.3. The van der Waals surface area contributed by atoms with Crippen LogP contribution < -0.4 is 9.64 Å². The second-order valence-corrected chi connectivity index (χ2v) is 6.69. The number of amides is 1. The van der Waals surface area contributed by atoms with E-state index in [4.69, 9.17) is 16.3 Å². The summed E-state index contributed by atoms with van der Waals surface area (Å²) in [4.78, 5) is 14.8. The van der Waals surface area contributed by atoms with E-state index in [-0.39, 0.29) is 5.91 Å². The van der Waals surface area contributed by atoms with Gasteiger partial charge in [0, 0.05) is 17.7 Å². The van der Waals surface area contributed by atoms with Crippen LogP contribution in [-0.4, -0.2) is 19.6 Å². The zero-order valence-corrected chi connectivity index (χ0v) is 14.8. The van der Waals surface area contributed by atoms with Gasteiger partial charge < -0.3 is 9.64 Å². The number of hydrogen-bond acceptors (Lipinski definition) is 2. The molecular formula is C20H20ClNO2. The summed E-state index contributed by atoms with van der Waals surface area (Å²) >= 11 is 6.20. The fourth-order valence-corrected chi connectivity index (χ4v) is 3.20. The van der Waals surface area contributed by atoms with E-state index in [1.54, 1.807) is 7.11 Å². The summed E-state index contributed by atoms with van der Waals surface area (Å²) < 4.78 is 5.18.